The van der Waals surface area contributed by atoms with E-state index < -0.39 is 29.9 Å². The van der Waals surface area contributed by atoms with Crippen LogP contribution >= 0.6 is 0 Å². The maximum Gasteiger partial charge on any atom is 0.320 e. The highest BCUT2D eigenvalue weighted by Crippen LogP contribution is 2.09. The van der Waals surface area contributed by atoms with Gasteiger partial charge in [-0.1, -0.05) is 0 Å². The second-order valence-corrected chi connectivity index (χ2v) is 5.19. The quantitative estimate of drug-likeness (QED) is 0.374. The number of ether oxygens (including phenoxy) is 1. The number of esters is 1. The van der Waals surface area contributed by atoms with Gasteiger partial charge in [-0.3, -0.25) is 14.4 Å². The topological polar surface area (TPSA) is 101 Å². The Labute approximate surface area is 106 Å². The molecule has 7 nitrogen and oxygen atoms in total. The van der Waals surface area contributed by atoms with Gasteiger partial charge in [-0.05, 0) is 6.92 Å². The normalized spacial score (nSPS) is 14.7. The first kappa shape index (κ1) is 16.4. The van der Waals surface area contributed by atoms with Gasteiger partial charge in [0.25, 0.3) is 0 Å². The van der Waals surface area contributed by atoms with Crippen LogP contribution in [0.1, 0.15) is 13.3 Å². The Kier molecular flexibility index (Phi) is 5.77. The smallest absolute Gasteiger partial charge is 0.320 e. The lowest BCUT2D eigenvalue weighted by molar-refractivity contribution is -0.873. The molecule has 18 heavy (non-hydrogen) atoms. The van der Waals surface area contributed by atoms with E-state index in [1.165, 1.54) is 6.92 Å². The molecule has 0 aromatic rings. The SMILES string of the molecule is C[C@@H](C(=O)O)C(=O)O[C@H](CC(=O)O)C[N+](C)(C)C. The maximum absolute atomic E-state index is 11.5. The van der Waals surface area contributed by atoms with Crippen molar-refractivity contribution in [1.82, 2.24) is 0 Å². The monoisotopic (exact) mass is 262 g/mol. The maximum atomic E-state index is 11.5. The number of aliphatic carboxylic acids is 2. The highest BCUT2D eigenvalue weighted by atomic mass is 16.5. The lowest BCUT2D eigenvalue weighted by Gasteiger charge is -2.28. The molecule has 0 heterocycles. The molecule has 0 rings (SSSR count). The van der Waals surface area contributed by atoms with Crippen molar-refractivity contribution in [3.05, 3.63) is 0 Å². The van der Waals surface area contributed by atoms with Crippen molar-refractivity contribution in [2.75, 3.05) is 27.7 Å². The van der Waals surface area contributed by atoms with E-state index in [1.54, 1.807) is 0 Å². The van der Waals surface area contributed by atoms with Gasteiger partial charge in [0, 0.05) is 0 Å². The van der Waals surface area contributed by atoms with E-state index in [9.17, 15) is 14.4 Å². The molecule has 0 aliphatic rings. The molecule has 0 aromatic heterocycles. The van der Waals surface area contributed by atoms with Crippen molar-refractivity contribution in [2.45, 2.75) is 19.4 Å². The molecule has 0 fully saturated rings. The van der Waals surface area contributed by atoms with Crippen LogP contribution < -0.4 is 0 Å². The number of quaternary nitrogens is 1. The minimum absolute atomic E-state index is 0.296. The summed E-state index contributed by atoms with van der Waals surface area (Å²) in [4.78, 5) is 32.7. The van der Waals surface area contributed by atoms with Crippen LogP contribution in [0, 0.1) is 5.92 Å². The van der Waals surface area contributed by atoms with Crippen molar-refractivity contribution >= 4 is 17.9 Å². The average Bonchev–Trinajstić information content (AvgIpc) is 2.11. The Hall–Kier alpha value is -1.63. The first-order chi connectivity index (χ1) is 8.03. The fourth-order valence-electron chi connectivity index (χ4n) is 1.32. The fourth-order valence-corrected chi connectivity index (χ4v) is 1.32. The van der Waals surface area contributed by atoms with Crippen LogP contribution in [0.25, 0.3) is 0 Å². The standard InChI is InChI=1S/C11H19NO6/c1-7(10(15)16)11(17)18-8(5-9(13)14)6-12(2,3)4/h7-8H,5-6H2,1-4H3,(H-,13,14,15,16)/p+1/t7-,8+/m0/s1. The summed E-state index contributed by atoms with van der Waals surface area (Å²) in [6, 6.07) is 0. The number of carboxylic acid groups (broad SMARTS) is 2. The van der Waals surface area contributed by atoms with Gasteiger partial charge < -0.3 is 19.4 Å². The van der Waals surface area contributed by atoms with Gasteiger partial charge in [0.2, 0.25) is 0 Å². The molecule has 0 amide bonds. The van der Waals surface area contributed by atoms with E-state index in [-0.39, 0.29) is 6.42 Å². The Morgan fingerprint density at radius 1 is 1.17 bits per heavy atom. The van der Waals surface area contributed by atoms with Crippen molar-refractivity contribution in [3.8, 4) is 0 Å². The molecule has 104 valence electrons. The Balaban J connectivity index is 4.63. The lowest BCUT2D eigenvalue weighted by Crippen LogP contribution is -2.44. The molecule has 2 N–H and O–H groups in total. The molecule has 0 radical (unpaired) electrons. The molecule has 0 aliphatic heterocycles. The molecule has 0 unspecified atom stereocenters. The van der Waals surface area contributed by atoms with Gasteiger partial charge in [-0.15, -0.1) is 0 Å². The molecule has 0 aromatic carbocycles. The second kappa shape index (κ2) is 6.34. The first-order valence-corrected chi connectivity index (χ1v) is 5.48. The average molecular weight is 262 g/mol. The van der Waals surface area contributed by atoms with E-state index in [1.807, 2.05) is 21.1 Å². The number of nitrogens with zero attached hydrogens (tertiary/aromatic N) is 1. The van der Waals surface area contributed by atoms with E-state index in [0.29, 0.717) is 11.0 Å². The number of carboxylic acids is 2. The van der Waals surface area contributed by atoms with Crippen LogP contribution in [0.2, 0.25) is 0 Å². The molecule has 0 saturated carbocycles. The zero-order chi connectivity index (χ0) is 14.5. The summed E-state index contributed by atoms with van der Waals surface area (Å²) >= 11 is 0. The highest BCUT2D eigenvalue weighted by Gasteiger charge is 2.29. The third-order valence-electron chi connectivity index (χ3n) is 2.16. The second-order valence-electron chi connectivity index (χ2n) is 5.19. The van der Waals surface area contributed by atoms with Crippen molar-refractivity contribution in [3.63, 3.8) is 0 Å². The molecular formula is C11H20NO6+. The fraction of sp³-hybridized carbons (Fsp3) is 0.727. The number of hydrogen-bond donors (Lipinski definition) is 2. The Morgan fingerprint density at radius 2 is 1.67 bits per heavy atom. The van der Waals surface area contributed by atoms with E-state index in [0.717, 1.165) is 0 Å². The van der Waals surface area contributed by atoms with Crippen LogP contribution in [0.4, 0.5) is 0 Å². The zero-order valence-electron chi connectivity index (χ0n) is 11.0. The third kappa shape index (κ3) is 6.85. The largest absolute Gasteiger partial charge is 0.481 e. The molecule has 0 spiro atoms. The van der Waals surface area contributed by atoms with Gasteiger partial charge in [-0.25, -0.2) is 0 Å². The van der Waals surface area contributed by atoms with Crippen molar-refractivity contribution in [1.29, 1.82) is 0 Å². The van der Waals surface area contributed by atoms with Crippen LogP contribution in [-0.2, 0) is 19.1 Å². The summed E-state index contributed by atoms with van der Waals surface area (Å²) in [6.45, 7) is 1.50. The highest BCUT2D eigenvalue weighted by molar-refractivity contribution is 5.93. The number of rotatable bonds is 7. The van der Waals surface area contributed by atoms with E-state index in [2.05, 4.69) is 0 Å². The number of carbonyl (C=O) groups excluding carboxylic acids is 1. The summed E-state index contributed by atoms with van der Waals surface area (Å²) in [5, 5.41) is 17.4. The Morgan fingerprint density at radius 3 is 2.00 bits per heavy atom. The Bertz CT molecular complexity index is 333. The molecule has 0 saturated heterocycles. The van der Waals surface area contributed by atoms with Crippen molar-refractivity contribution in [2.24, 2.45) is 5.92 Å². The molecule has 7 heteroatoms. The summed E-state index contributed by atoms with van der Waals surface area (Å²) in [5.74, 6) is -4.60. The molecular weight excluding hydrogens is 242 g/mol. The summed E-state index contributed by atoms with van der Waals surface area (Å²) < 4.78 is 5.35. The number of carbonyl (C=O) groups is 3. The van der Waals surface area contributed by atoms with Gasteiger partial charge in [0.15, 0.2) is 12.0 Å². The van der Waals surface area contributed by atoms with Crippen molar-refractivity contribution < 1.29 is 33.8 Å². The number of hydrogen-bond acceptors (Lipinski definition) is 4. The zero-order valence-corrected chi connectivity index (χ0v) is 11.0. The molecule has 0 bridgehead atoms. The van der Waals surface area contributed by atoms with Gasteiger partial charge in [-0.2, -0.15) is 0 Å². The molecule has 2 atom stereocenters. The first-order valence-electron chi connectivity index (χ1n) is 5.48. The van der Waals surface area contributed by atoms with Crippen LogP contribution in [0.3, 0.4) is 0 Å². The lowest BCUT2D eigenvalue weighted by atomic mass is 10.2. The predicted octanol–water partition coefficient (Wildman–Crippen LogP) is -0.200. The summed E-state index contributed by atoms with van der Waals surface area (Å²) in [6.07, 6.45) is -1.18. The van der Waals surface area contributed by atoms with Crippen LogP contribution in [0.5, 0.6) is 0 Å². The minimum atomic E-state index is -1.30. The van der Waals surface area contributed by atoms with Gasteiger partial charge in [0.05, 0.1) is 27.6 Å². The van der Waals surface area contributed by atoms with E-state index >= 15 is 0 Å². The van der Waals surface area contributed by atoms with E-state index in [4.69, 9.17) is 14.9 Å². The van der Waals surface area contributed by atoms with Gasteiger partial charge in [0.1, 0.15) is 6.54 Å². The summed E-state index contributed by atoms with van der Waals surface area (Å²) in [5.41, 5.74) is 0. The minimum Gasteiger partial charge on any atom is -0.481 e. The predicted molar refractivity (Wildman–Crippen MR) is 61.8 cm³/mol. The third-order valence-corrected chi connectivity index (χ3v) is 2.16. The molecule has 0 aliphatic carbocycles. The number of likely N-dealkylation sites (N-methyl/N-ethyl adjacent to an activating group) is 1. The van der Waals surface area contributed by atoms with Crippen LogP contribution in [0.15, 0.2) is 0 Å². The summed E-state index contributed by atoms with van der Waals surface area (Å²) in [7, 11) is 5.47. The van der Waals surface area contributed by atoms with Gasteiger partial charge >= 0.3 is 17.9 Å². The van der Waals surface area contributed by atoms with Crippen LogP contribution in [-0.4, -0.2) is 66.4 Å².